The molecule has 178 valence electrons. The zero-order valence-electron chi connectivity index (χ0n) is 18.2. The standard InChI is InChI=1S/C24H18Br2ClN5O2S/c1-14-2-4-15(5-3-14)23-30-31-24(32(23)19-8-6-18(27)7-9-19)35-13-21(33)29-28-12-16-10-17(25)11-20(26)22(16)34/h2-12,34H,13H2,1H3,(H,29,33)/b28-12-. The highest BCUT2D eigenvalue weighted by Gasteiger charge is 2.17. The molecular weight excluding hydrogens is 618 g/mol. The predicted molar refractivity (Wildman–Crippen MR) is 147 cm³/mol. The molecule has 1 amide bonds. The fourth-order valence-electron chi connectivity index (χ4n) is 3.10. The number of carbonyl (C=O) groups is 1. The molecule has 1 heterocycles. The van der Waals surface area contributed by atoms with Gasteiger partial charge in [0.2, 0.25) is 0 Å². The van der Waals surface area contributed by atoms with Crippen LogP contribution in [0.15, 0.2) is 79.9 Å². The molecule has 0 bridgehead atoms. The van der Waals surface area contributed by atoms with Gasteiger partial charge in [0.05, 0.1) is 16.4 Å². The van der Waals surface area contributed by atoms with Gasteiger partial charge in [0.25, 0.3) is 5.91 Å². The van der Waals surface area contributed by atoms with Gasteiger partial charge in [-0.25, -0.2) is 5.43 Å². The second-order valence-electron chi connectivity index (χ2n) is 7.39. The highest BCUT2D eigenvalue weighted by Crippen LogP contribution is 2.31. The number of thioether (sulfide) groups is 1. The van der Waals surface area contributed by atoms with E-state index < -0.39 is 0 Å². The number of amides is 1. The molecule has 4 rings (SSSR count). The minimum absolute atomic E-state index is 0.0280. The number of hydrazone groups is 1. The number of nitrogens with zero attached hydrogens (tertiary/aromatic N) is 4. The van der Waals surface area contributed by atoms with Crippen LogP contribution in [0.2, 0.25) is 5.02 Å². The van der Waals surface area contributed by atoms with Gasteiger partial charge in [-0.1, -0.05) is 69.1 Å². The first-order valence-electron chi connectivity index (χ1n) is 10.2. The van der Waals surface area contributed by atoms with E-state index in [9.17, 15) is 9.90 Å². The van der Waals surface area contributed by atoms with E-state index in [1.165, 1.54) is 18.0 Å². The molecule has 0 aliphatic rings. The molecule has 0 radical (unpaired) electrons. The number of benzene rings is 3. The van der Waals surface area contributed by atoms with Crippen LogP contribution in [0.4, 0.5) is 0 Å². The molecular formula is C24H18Br2ClN5O2S. The van der Waals surface area contributed by atoms with Crippen molar-refractivity contribution in [2.45, 2.75) is 12.1 Å². The average Bonchev–Trinajstić information content (AvgIpc) is 3.25. The molecule has 0 unspecified atom stereocenters. The number of phenols is 1. The van der Waals surface area contributed by atoms with E-state index in [0.717, 1.165) is 21.3 Å². The summed E-state index contributed by atoms with van der Waals surface area (Å²) < 4.78 is 3.16. The van der Waals surface area contributed by atoms with E-state index in [0.29, 0.717) is 26.0 Å². The summed E-state index contributed by atoms with van der Waals surface area (Å²) >= 11 is 13.9. The summed E-state index contributed by atoms with van der Waals surface area (Å²) in [5.74, 6) is 0.414. The normalized spacial score (nSPS) is 11.2. The number of aryl methyl sites for hydroxylation is 1. The molecule has 7 nitrogen and oxygen atoms in total. The highest BCUT2D eigenvalue weighted by atomic mass is 79.9. The fraction of sp³-hybridized carbons (Fsp3) is 0.0833. The molecule has 0 aliphatic carbocycles. The van der Waals surface area contributed by atoms with Gasteiger partial charge in [0.1, 0.15) is 5.75 Å². The summed E-state index contributed by atoms with van der Waals surface area (Å²) in [7, 11) is 0. The van der Waals surface area contributed by atoms with Crippen molar-refractivity contribution in [2.24, 2.45) is 5.10 Å². The monoisotopic (exact) mass is 633 g/mol. The van der Waals surface area contributed by atoms with E-state index in [4.69, 9.17) is 11.6 Å². The third-order valence-electron chi connectivity index (χ3n) is 4.81. The Hall–Kier alpha value is -2.66. The van der Waals surface area contributed by atoms with Crippen molar-refractivity contribution >= 4 is 67.3 Å². The van der Waals surface area contributed by atoms with Crippen LogP contribution in [0.5, 0.6) is 5.75 Å². The Balaban J connectivity index is 1.51. The van der Waals surface area contributed by atoms with Gasteiger partial charge >= 0.3 is 0 Å². The molecule has 0 fully saturated rings. The Morgan fingerprint density at radius 3 is 2.57 bits per heavy atom. The van der Waals surface area contributed by atoms with Crippen LogP contribution in [-0.2, 0) is 4.79 Å². The number of hydrogen-bond acceptors (Lipinski definition) is 6. The summed E-state index contributed by atoms with van der Waals surface area (Å²) in [4.78, 5) is 12.4. The van der Waals surface area contributed by atoms with Crippen LogP contribution in [0.1, 0.15) is 11.1 Å². The van der Waals surface area contributed by atoms with Gasteiger partial charge in [-0.05, 0) is 59.3 Å². The molecule has 35 heavy (non-hydrogen) atoms. The summed E-state index contributed by atoms with van der Waals surface area (Å²) in [5, 5.41) is 23.9. The van der Waals surface area contributed by atoms with E-state index in [1.807, 2.05) is 47.9 Å². The van der Waals surface area contributed by atoms with Crippen LogP contribution < -0.4 is 5.43 Å². The fourth-order valence-corrected chi connectivity index (χ4v) is 5.22. The van der Waals surface area contributed by atoms with Gasteiger partial charge in [-0.2, -0.15) is 5.10 Å². The molecule has 4 aromatic rings. The number of rotatable bonds is 7. The van der Waals surface area contributed by atoms with Crippen LogP contribution in [0.25, 0.3) is 17.1 Å². The lowest BCUT2D eigenvalue weighted by molar-refractivity contribution is -0.118. The second-order valence-corrected chi connectivity index (χ2v) is 10.5. The van der Waals surface area contributed by atoms with Crippen LogP contribution >= 0.6 is 55.2 Å². The van der Waals surface area contributed by atoms with Crippen molar-refractivity contribution < 1.29 is 9.90 Å². The first-order valence-corrected chi connectivity index (χ1v) is 13.2. The largest absolute Gasteiger partial charge is 0.506 e. The van der Waals surface area contributed by atoms with Crippen LogP contribution in [-0.4, -0.2) is 37.7 Å². The molecule has 11 heteroatoms. The lowest BCUT2D eigenvalue weighted by Crippen LogP contribution is -2.20. The van der Waals surface area contributed by atoms with E-state index in [1.54, 1.807) is 24.3 Å². The quantitative estimate of drug-likeness (QED) is 0.140. The number of aromatic hydroxyl groups is 1. The number of nitrogens with one attached hydrogen (secondary N) is 1. The maximum absolute atomic E-state index is 12.4. The van der Waals surface area contributed by atoms with Crippen molar-refractivity contribution in [1.82, 2.24) is 20.2 Å². The maximum Gasteiger partial charge on any atom is 0.250 e. The minimum atomic E-state index is -0.331. The number of aromatic nitrogens is 3. The number of hydrogen-bond donors (Lipinski definition) is 2. The minimum Gasteiger partial charge on any atom is -0.506 e. The first kappa shape index (κ1) is 25.4. The number of halogens is 3. The molecule has 0 aliphatic heterocycles. The van der Waals surface area contributed by atoms with Crippen molar-refractivity contribution in [3.05, 3.63) is 85.8 Å². The van der Waals surface area contributed by atoms with Crippen molar-refractivity contribution in [3.63, 3.8) is 0 Å². The lowest BCUT2D eigenvalue weighted by atomic mass is 10.1. The second kappa shape index (κ2) is 11.4. The van der Waals surface area contributed by atoms with Gasteiger partial charge in [-0.3, -0.25) is 9.36 Å². The van der Waals surface area contributed by atoms with Crippen molar-refractivity contribution in [2.75, 3.05) is 5.75 Å². The molecule has 1 aromatic heterocycles. The van der Waals surface area contributed by atoms with E-state index in [2.05, 4.69) is 52.6 Å². The Kier molecular flexibility index (Phi) is 8.27. The topological polar surface area (TPSA) is 92.4 Å². The van der Waals surface area contributed by atoms with Crippen LogP contribution in [0, 0.1) is 6.92 Å². The zero-order valence-corrected chi connectivity index (χ0v) is 23.0. The zero-order chi connectivity index (χ0) is 24.9. The third-order valence-corrected chi connectivity index (χ3v) is 7.05. The van der Waals surface area contributed by atoms with Gasteiger partial charge in [-0.15, -0.1) is 10.2 Å². The van der Waals surface area contributed by atoms with E-state index >= 15 is 0 Å². The molecule has 2 N–H and O–H groups in total. The van der Waals surface area contributed by atoms with Gasteiger partial charge < -0.3 is 5.11 Å². The molecule has 0 spiro atoms. The SMILES string of the molecule is Cc1ccc(-c2nnc(SCC(=O)N/N=C\c3cc(Br)cc(Br)c3O)n2-c2ccc(Cl)cc2)cc1. The van der Waals surface area contributed by atoms with Crippen molar-refractivity contribution in [1.29, 1.82) is 0 Å². The summed E-state index contributed by atoms with van der Waals surface area (Å²) in [6.45, 7) is 2.02. The Bertz CT molecular complexity index is 1390. The highest BCUT2D eigenvalue weighted by molar-refractivity contribution is 9.11. The maximum atomic E-state index is 12.4. The molecule has 0 saturated heterocycles. The summed E-state index contributed by atoms with van der Waals surface area (Å²) in [5.41, 5.74) is 5.79. The summed E-state index contributed by atoms with van der Waals surface area (Å²) in [6.07, 6.45) is 1.37. The summed E-state index contributed by atoms with van der Waals surface area (Å²) in [6, 6.07) is 18.7. The predicted octanol–water partition coefficient (Wildman–Crippen LogP) is 6.37. The Labute approximate surface area is 227 Å². The van der Waals surface area contributed by atoms with Gasteiger partial charge in [0, 0.05) is 26.3 Å². The first-order chi connectivity index (χ1) is 16.8. The number of carbonyl (C=O) groups excluding carboxylic acids is 1. The smallest absolute Gasteiger partial charge is 0.250 e. The van der Waals surface area contributed by atoms with Crippen LogP contribution in [0.3, 0.4) is 0 Å². The lowest BCUT2D eigenvalue weighted by Gasteiger charge is -2.10. The third kappa shape index (κ3) is 6.32. The van der Waals surface area contributed by atoms with Gasteiger partial charge in [0.15, 0.2) is 11.0 Å². The average molecular weight is 636 g/mol. The van der Waals surface area contributed by atoms with Crippen molar-refractivity contribution in [3.8, 4) is 22.8 Å². The molecule has 0 atom stereocenters. The number of phenolic OH excluding ortho intramolecular Hbond substituents is 1. The van der Waals surface area contributed by atoms with E-state index in [-0.39, 0.29) is 17.4 Å². The molecule has 3 aromatic carbocycles. The molecule has 0 saturated carbocycles. The Morgan fingerprint density at radius 1 is 1.14 bits per heavy atom. The Morgan fingerprint density at radius 2 is 1.86 bits per heavy atom.